The van der Waals surface area contributed by atoms with Gasteiger partial charge in [0.2, 0.25) is 0 Å². The summed E-state index contributed by atoms with van der Waals surface area (Å²) in [4.78, 5) is 9.21. The van der Waals surface area contributed by atoms with Crippen molar-refractivity contribution in [2.75, 3.05) is 58.8 Å². The molecule has 0 aromatic heterocycles. The Bertz CT molecular complexity index is 588. The van der Waals surface area contributed by atoms with Crippen LogP contribution < -0.4 is 5.32 Å². The molecule has 0 unspecified atom stereocenters. The summed E-state index contributed by atoms with van der Waals surface area (Å²) in [6.45, 7) is 11.5. The first-order chi connectivity index (χ1) is 11.8. The average Bonchev–Trinajstić information content (AvgIpc) is 2.55. The Hall–Kier alpha value is -1.79. The first-order valence-electron chi connectivity index (χ1n) is 8.88. The van der Waals surface area contributed by atoms with Crippen molar-refractivity contribution < 1.29 is 9.84 Å². The van der Waals surface area contributed by atoms with Gasteiger partial charge in [0.15, 0.2) is 5.96 Å². The van der Waals surface area contributed by atoms with Crippen LogP contribution >= 0.6 is 0 Å². The zero-order valence-electron chi connectivity index (χ0n) is 16.2. The lowest BCUT2D eigenvalue weighted by atomic mass is 9.87. The maximum absolute atomic E-state index is 10.3. The molecule has 2 rings (SSSR count). The van der Waals surface area contributed by atoms with Crippen LogP contribution in [0.5, 0.6) is 5.75 Å². The minimum atomic E-state index is 0.0192. The Morgan fingerprint density at radius 1 is 1.24 bits per heavy atom. The summed E-state index contributed by atoms with van der Waals surface area (Å²) in [5.74, 6) is 1.04. The molecule has 140 valence electrons. The molecule has 0 amide bonds. The summed E-state index contributed by atoms with van der Waals surface area (Å²) >= 11 is 0. The summed E-state index contributed by atoms with van der Waals surface area (Å²) in [5, 5.41) is 13.6. The van der Waals surface area contributed by atoms with Crippen LogP contribution in [0.15, 0.2) is 23.2 Å². The van der Waals surface area contributed by atoms with Gasteiger partial charge in [-0.25, -0.2) is 0 Å². The largest absolute Gasteiger partial charge is 0.506 e. The second-order valence-electron chi connectivity index (χ2n) is 7.60. The monoisotopic (exact) mass is 348 g/mol. The second kappa shape index (κ2) is 8.54. The molecular weight excluding hydrogens is 316 g/mol. The van der Waals surface area contributed by atoms with Gasteiger partial charge in [0.25, 0.3) is 0 Å². The molecule has 0 radical (unpaired) electrons. The van der Waals surface area contributed by atoms with Gasteiger partial charge in [0, 0.05) is 33.3 Å². The van der Waals surface area contributed by atoms with E-state index in [4.69, 9.17) is 4.74 Å². The fourth-order valence-corrected chi connectivity index (χ4v) is 2.70. The van der Waals surface area contributed by atoms with Crippen molar-refractivity contribution in [3.8, 4) is 5.75 Å². The van der Waals surface area contributed by atoms with Crippen molar-refractivity contribution in [2.45, 2.75) is 26.2 Å². The second-order valence-corrected chi connectivity index (χ2v) is 7.60. The average molecular weight is 348 g/mol. The number of piperazine rings is 1. The standard InChI is InChI=1S/C19H32N4O2/c1-19(2,3)15-6-7-17(24)16(14-15)21-18(20-8-13-25-5)23-11-9-22(4)10-12-23/h6-7,14,24H,8-13H2,1-5H3,(H,20,21). The highest BCUT2D eigenvalue weighted by Gasteiger charge is 2.20. The summed E-state index contributed by atoms with van der Waals surface area (Å²) < 4.78 is 5.12. The number of ether oxygens (including phenoxy) is 1. The fraction of sp³-hybridized carbons (Fsp3) is 0.632. The molecule has 0 spiro atoms. The zero-order valence-corrected chi connectivity index (χ0v) is 16.2. The van der Waals surface area contributed by atoms with E-state index in [1.165, 1.54) is 5.56 Å². The highest BCUT2D eigenvalue weighted by atomic mass is 16.5. The number of guanidine groups is 1. The van der Waals surface area contributed by atoms with Crippen LogP contribution in [-0.4, -0.2) is 74.4 Å². The van der Waals surface area contributed by atoms with E-state index in [2.05, 4.69) is 47.9 Å². The Kier molecular flexibility index (Phi) is 6.67. The minimum Gasteiger partial charge on any atom is -0.506 e. The van der Waals surface area contributed by atoms with E-state index in [0.29, 0.717) is 18.8 Å². The van der Waals surface area contributed by atoms with Gasteiger partial charge in [-0.2, -0.15) is 0 Å². The number of benzene rings is 1. The van der Waals surface area contributed by atoms with Crippen molar-refractivity contribution in [1.29, 1.82) is 0 Å². The molecule has 0 atom stereocenters. The normalized spacial score (nSPS) is 17.0. The maximum Gasteiger partial charge on any atom is 0.198 e. The number of phenols is 1. The number of nitrogens with one attached hydrogen (secondary N) is 1. The van der Waals surface area contributed by atoms with Gasteiger partial charge in [-0.15, -0.1) is 0 Å². The number of likely N-dealkylation sites (N-methyl/N-ethyl adjacent to an activating group) is 1. The Balaban J connectivity index is 2.22. The molecule has 1 aliphatic heterocycles. The molecule has 0 bridgehead atoms. The Labute approximate surface area is 151 Å². The number of aromatic hydroxyl groups is 1. The predicted octanol–water partition coefficient (Wildman–Crippen LogP) is 2.35. The molecular formula is C19H32N4O2. The van der Waals surface area contributed by atoms with E-state index in [9.17, 15) is 5.11 Å². The fourth-order valence-electron chi connectivity index (χ4n) is 2.70. The molecule has 1 aliphatic rings. The maximum atomic E-state index is 10.3. The van der Waals surface area contributed by atoms with Crippen molar-refractivity contribution in [2.24, 2.45) is 4.99 Å². The van der Waals surface area contributed by atoms with Crippen LogP contribution in [-0.2, 0) is 10.2 Å². The Morgan fingerprint density at radius 2 is 1.92 bits per heavy atom. The third-order valence-corrected chi connectivity index (χ3v) is 4.47. The number of methoxy groups -OCH3 is 1. The van der Waals surface area contributed by atoms with Crippen molar-refractivity contribution in [3.05, 3.63) is 23.8 Å². The Morgan fingerprint density at radius 3 is 2.52 bits per heavy atom. The third-order valence-electron chi connectivity index (χ3n) is 4.47. The molecule has 0 saturated carbocycles. The number of phenolic OH excluding ortho intramolecular Hbond substituents is 1. The number of hydrogen-bond donors (Lipinski definition) is 2. The zero-order chi connectivity index (χ0) is 18.4. The molecule has 1 aromatic carbocycles. The molecule has 25 heavy (non-hydrogen) atoms. The van der Waals surface area contributed by atoms with Crippen molar-refractivity contribution >= 4 is 11.6 Å². The first kappa shape index (κ1) is 19.5. The number of hydrogen-bond acceptors (Lipinski definition) is 4. The predicted molar refractivity (Wildman–Crippen MR) is 104 cm³/mol. The molecule has 1 saturated heterocycles. The topological polar surface area (TPSA) is 60.3 Å². The van der Waals surface area contributed by atoms with Crippen LogP contribution in [0.25, 0.3) is 0 Å². The van der Waals surface area contributed by atoms with Gasteiger partial charge < -0.3 is 25.0 Å². The molecule has 0 aliphatic carbocycles. The van der Waals surface area contributed by atoms with Gasteiger partial charge in [0.05, 0.1) is 18.8 Å². The van der Waals surface area contributed by atoms with Gasteiger partial charge in [-0.1, -0.05) is 26.8 Å². The highest BCUT2D eigenvalue weighted by molar-refractivity contribution is 5.95. The van der Waals surface area contributed by atoms with E-state index in [0.717, 1.165) is 32.1 Å². The molecule has 1 aromatic rings. The summed E-state index contributed by atoms with van der Waals surface area (Å²) in [6, 6.07) is 5.73. The van der Waals surface area contributed by atoms with Crippen LogP contribution in [0.2, 0.25) is 0 Å². The van der Waals surface area contributed by atoms with Crippen LogP contribution in [0.1, 0.15) is 26.3 Å². The van der Waals surface area contributed by atoms with E-state index < -0.39 is 0 Å². The SMILES string of the molecule is COCCN=C(Nc1cc(C(C)(C)C)ccc1O)N1CCN(C)CC1. The molecule has 6 nitrogen and oxygen atoms in total. The third kappa shape index (κ3) is 5.61. The van der Waals surface area contributed by atoms with Crippen molar-refractivity contribution in [1.82, 2.24) is 9.80 Å². The minimum absolute atomic E-state index is 0.0192. The number of aliphatic imine (C=N–C) groups is 1. The quantitative estimate of drug-likeness (QED) is 0.379. The number of anilines is 1. The number of rotatable bonds is 4. The van der Waals surface area contributed by atoms with Gasteiger partial charge >= 0.3 is 0 Å². The first-order valence-corrected chi connectivity index (χ1v) is 8.88. The van der Waals surface area contributed by atoms with E-state index in [-0.39, 0.29) is 11.2 Å². The van der Waals surface area contributed by atoms with Crippen LogP contribution in [0, 0.1) is 0 Å². The lowest BCUT2D eigenvalue weighted by molar-refractivity contribution is 0.204. The van der Waals surface area contributed by atoms with E-state index in [1.807, 2.05) is 12.1 Å². The summed E-state index contributed by atoms with van der Waals surface area (Å²) in [6.07, 6.45) is 0. The van der Waals surface area contributed by atoms with E-state index in [1.54, 1.807) is 13.2 Å². The van der Waals surface area contributed by atoms with E-state index >= 15 is 0 Å². The molecule has 1 heterocycles. The number of nitrogens with zero attached hydrogens (tertiary/aromatic N) is 3. The van der Waals surface area contributed by atoms with Crippen LogP contribution in [0.4, 0.5) is 5.69 Å². The lowest BCUT2D eigenvalue weighted by Gasteiger charge is -2.35. The van der Waals surface area contributed by atoms with Gasteiger partial charge in [0.1, 0.15) is 5.75 Å². The molecule has 6 heteroatoms. The highest BCUT2D eigenvalue weighted by Crippen LogP contribution is 2.30. The van der Waals surface area contributed by atoms with Crippen molar-refractivity contribution in [3.63, 3.8) is 0 Å². The summed E-state index contributed by atoms with van der Waals surface area (Å²) in [5.41, 5.74) is 1.88. The van der Waals surface area contributed by atoms with Gasteiger partial charge in [-0.05, 0) is 30.2 Å². The lowest BCUT2D eigenvalue weighted by Crippen LogP contribution is -2.49. The summed E-state index contributed by atoms with van der Waals surface area (Å²) in [7, 11) is 3.81. The molecule has 2 N–H and O–H groups in total. The van der Waals surface area contributed by atoms with Crippen LogP contribution in [0.3, 0.4) is 0 Å². The van der Waals surface area contributed by atoms with Gasteiger partial charge in [-0.3, -0.25) is 4.99 Å². The smallest absolute Gasteiger partial charge is 0.198 e. The molecule has 1 fully saturated rings.